The smallest absolute Gasteiger partial charge is 0.295 e. The van der Waals surface area contributed by atoms with Crippen LogP contribution in [0.2, 0.25) is 0 Å². The second kappa shape index (κ2) is 7.09. The minimum Gasteiger partial charge on any atom is -0.353 e. The summed E-state index contributed by atoms with van der Waals surface area (Å²) in [6.07, 6.45) is 0. The molecule has 0 saturated carbocycles. The van der Waals surface area contributed by atoms with Crippen molar-refractivity contribution < 1.29 is 21.2 Å². The third kappa shape index (κ3) is 3.02. The largest absolute Gasteiger partial charge is 0.353 e. The van der Waals surface area contributed by atoms with Crippen LogP contribution < -0.4 is 16.3 Å². The average Bonchev–Trinajstić information content (AvgIpc) is 3.13. The van der Waals surface area contributed by atoms with E-state index in [1.54, 1.807) is 36.4 Å². The van der Waals surface area contributed by atoms with E-state index in [0.29, 0.717) is 0 Å². The van der Waals surface area contributed by atoms with Crippen molar-refractivity contribution in [3.8, 4) is 0 Å². The van der Waals surface area contributed by atoms with Gasteiger partial charge in [0.25, 0.3) is 11.2 Å². The molecule has 5 aromatic rings. The van der Waals surface area contributed by atoms with Gasteiger partial charge in [-0.05, 0) is 45.8 Å². The Morgan fingerprint density at radius 1 is 0.515 bits per heavy atom. The standard InChI is InChI=1S/C13H8O4.C13H6O3.H2/c14-11-9-5-7-3-1-2-4-8(7)6-10(9)12(15)13(11,16)17;14-11-9-5-7-3-1-2-4-8(7)6-10(9)12(15)13(11)16;/h1-6,16-17H;1-6H;1H/i;;1+1. The quantitative estimate of drug-likeness (QED) is 0.214. The normalized spacial score (nSPS) is 14.5. The first-order chi connectivity index (χ1) is 15.7. The molecular formula is C26H16O7. The van der Waals surface area contributed by atoms with Crippen LogP contribution in [0.3, 0.4) is 0 Å². The van der Waals surface area contributed by atoms with Gasteiger partial charge in [-0.3, -0.25) is 24.0 Å². The highest BCUT2D eigenvalue weighted by molar-refractivity contribution is 6.31. The molecule has 6 rings (SSSR count). The molecule has 0 radical (unpaired) electrons. The van der Waals surface area contributed by atoms with Crippen molar-refractivity contribution in [3.05, 3.63) is 115 Å². The van der Waals surface area contributed by atoms with E-state index >= 15 is 0 Å². The van der Waals surface area contributed by atoms with Crippen LogP contribution in [0.5, 0.6) is 0 Å². The van der Waals surface area contributed by atoms with Gasteiger partial charge in [0, 0.05) is 23.3 Å². The summed E-state index contributed by atoms with van der Waals surface area (Å²) in [4.78, 5) is 57.5. The van der Waals surface area contributed by atoms with Crippen LogP contribution in [0.25, 0.3) is 32.3 Å². The molecule has 5 aromatic carbocycles. The van der Waals surface area contributed by atoms with Gasteiger partial charge in [0.05, 0.1) is 0 Å². The zero-order valence-corrected chi connectivity index (χ0v) is 16.9. The maximum Gasteiger partial charge on any atom is 0.295 e. The van der Waals surface area contributed by atoms with Crippen LogP contribution in [0, 0.1) is 0 Å². The fourth-order valence-electron chi connectivity index (χ4n) is 4.06. The number of Topliss-reactive ketones (excluding diaryl/α,β-unsaturated/α-hetero) is 2. The molecule has 0 bridgehead atoms. The van der Waals surface area contributed by atoms with Crippen LogP contribution in [-0.2, 0) is 0 Å². The van der Waals surface area contributed by atoms with E-state index in [2.05, 4.69) is 0 Å². The molecule has 0 atom stereocenters. The summed E-state index contributed by atoms with van der Waals surface area (Å²) < 4.78 is 0. The van der Waals surface area contributed by atoms with Crippen molar-refractivity contribution in [1.82, 2.24) is 0 Å². The van der Waals surface area contributed by atoms with Crippen LogP contribution in [0.1, 0.15) is 22.1 Å². The highest BCUT2D eigenvalue weighted by Crippen LogP contribution is 2.31. The van der Waals surface area contributed by atoms with Gasteiger partial charge in [0.2, 0.25) is 22.4 Å². The van der Waals surface area contributed by atoms with E-state index < -0.39 is 33.6 Å². The number of carbonyl (C=O) groups is 2. The maximum absolute atomic E-state index is 11.7. The lowest BCUT2D eigenvalue weighted by Crippen LogP contribution is -2.40. The first-order valence-corrected chi connectivity index (χ1v) is 9.93. The zero-order chi connectivity index (χ0) is 23.5. The highest BCUT2D eigenvalue weighted by Gasteiger charge is 2.50. The topological polar surface area (TPSA) is 126 Å². The molecule has 33 heavy (non-hydrogen) atoms. The van der Waals surface area contributed by atoms with Crippen molar-refractivity contribution >= 4 is 43.9 Å². The molecular weight excluding hydrogens is 424 g/mol. The average molecular weight is 441 g/mol. The van der Waals surface area contributed by atoms with Crippen molar-refractivity contribution in [3.63, 3.8) is 0 Å². The number of carbonyl (C=O) groups excluding carboxylic acids is 2. The SMILES string of the molecule is O=C1c2cc3ccccc3cc2C(=O)C1(O)O.O=c1c(=O)c2cc3ccccc3cc2c1=O.[2HH]. The summed E-state index contributed by atoms with van der Waals surface area (Å²) in [5.74, 6) is -4.81. The van der Waals surface area contributed by atoms with Crippen LogP contribution in [0.4, 0.5) is 0 Å². The minimum absolute atomic E-state index is 0. The van der Waals surface area contributed by atoms with E-state index in [9.17, 15) is 34.2 Å². The summed E-state index contributed by atoms with van der Waals surface area (Å²) in [5.41, 5.74) is -2.17. The van der Waals surface area contributed by atoms with Crippen LogP contribution >= 0.6 is 0 Å². The van der Waals surface area contributed by atoms with Gasteiger partial charge < -0.3 is 10.2 Å². The highest BCUT2D eigenvalue weighted by atomic mass is 16.5. The Balaban J connectivity index is 0.000000157. The van der Waals surface area contributed by atoms with Gasteiger partial charge in [-0.15, -0.1) is 0 Å². The van der Waals surface area contributed by atoms with Crippen LogP contribution in [0.15, 0.2) is 87.2 Å². The molecule has 0 spiro atoms. The maximum atomic E-state index is 11.7. The van der Waals surface area contributed by atoms with E-state index in [4.69, 9.17) is 0 Å². The second-order valence-corrected chi connectivity index (χ2v) is 7.81. The molecule has 0 heterocycles. The molecule has 0 saturated heterocycles. The molecule has 1 aliphatic carbocycles. The predicted molar refractivity (Wildman–Crippen MR) is 125 cm³/mol. The Bertz CT molecular complexity index is 1670. The molecule has 1 aliphatic rings. The summed E-state index contributed by atoms with van der Waals surface area (Å²) in [6.45, 7) is 0. The molecule has 7 heteroatoms. The monoisotopic (exact) mass is 441 g/mol. The number of ketones is 2. The van der Waals surface area contributed by atoms with Crippen LogP contribution in [-0.4, -0.2) is 27.6 Å². The lowest BCUT2D eigenvalue weighted by atomic mass is 10.0. The van der Waals surface area contributed by atoms with Gasteiger partial charge in [-0.1, -0.05) is 48.5 Å². The van der Waals surface area contributed by atoms with Crippen molar-refractivity contribution in [2.75, 3.05) is 0 Å². The van der Waals surface area contributed by atoms with E-state index in [0.717, 1.165) is 21.5 Å². The summed E-state index contributed by atoms with van der Waals surface area (Å²) in [7, 11) is 0. The van der Waals surface area contributed by atoms with Gasteiger partial charge in [-0.2, -0.15) is 0 Å². The Kier molecular flexibility index (Phi) is 4.42. The van der Waals surface area contributed by atoms with Gasteiger partial charge in [0.1, 0.15) is 0 Å². The lowest BCUT2D eigenvalue weighted by molar-refractivity contribution is -0.0857. The van der Waals surface area contributed by atoms with Crippen molar-refractivity contribution in [2.24, 2.45) is 0 Å². The van der Waals surface area contributed by atoms with Gasteiger partial charge in [0.15, 0.2) is 0 Å². The fraction of sp³-hybridized carbons (Fsp3) is 0.0385. The van der Waals surface area contributed by atoms with Gasteiger partial charge in [-0.25, -0.2) is 0 Å². The Morgan fingerprint density at radius 3 is 1.21 bits per heavy atom. The molecule has 0 aromatic heterocycles. The third-order valence-corrected chi connectivity index (χ3v) is 5.80. The predicted octanol–water partition coefficient (Wildman–Crippen LogP) is 2.09. The minimum atomic E-state index is -2.90. The van der Waals surface area contributed by atoms with Crippen molar-refractivity contribution in [1.29, 1.82) is 0 Å². The summed E-state index contributed by atoms with van der Waals surface area (Å²) >= 11 is 0. The first-order valence-electron chi connectivity index (χ1n) is 9.93. The number of hydrogen-bond acceptors (Lipinski definition) is 7. The Hall–Kier alpha value is -4.33. The van der Waals surface area contributed by atoms with E-state index in [1.807, 2.05) is 24.3 Å². The Morgan fingerprint density at radius 2 is 0.848 bits per heavy atom. The number of aliphatic hydroxyl groups is 2. The third-order valence-electron chi connectivity index (χ3n) is 5.80. The summed E-state index contributed by atoms with van der Waals surface area (Å²) in [6, 6.07) is 20.8. The number of rotatable bonds is 0. The molecule has 7 nitrogen and oxygen atoms in total. The van der Waals surface area contributed by atoms with Crippen molar-refractivity contribution in [2.45, 2.75) is 5.79 Å². The van der Waals surface area contributed by atoms with E-state index in [1.165, 1.54) is 12.1 Å². The summed E-state index contributed by atoms with van der Waals surface area (Å²) in [5, 5.41) is 22.6. The molecule has 0 amide bonds. The lowest BCUT2D eigenvalue weighted by Gasteiger charge is -2.08. The molecule has 162 valence electrons. The number of hydrogen-bond donors (Lipinski definition) is 2. The first kappa shape index (κ1) is 20.6. The molecule has 0 fully saturated rings. The van der Waals surface area contributed by atoms with E-state index in [-0.39, 0.29) is 23.3 Å². The molecule has 0 aliphatic heterocycles. The second-order valence-electron chi connectivity index (χ2n) is 7.81. The molecule has 2 N–H and O–H groups in total. The Labute approximate surface area is 185 Å². The van der Waals surface area contributed by atoms with Gasteiger partial charge >= 0.3 is 0 Å². The molecule has 0 unspecified atom stereocenters. The number of benzene rings is 4. The fourth-order valence-corrected chi connectivity index (χ4v) is 4.06. The zero-order valence-electron chi connectivity index (χ0n) is 16.9. The number of fused-ring (bicyclic) bond motifs is 4.